The standard InChI is InChI=1S/C18H26N4O3S/c1-4-25-17-5-7-18(8-6-17)26(23,24)22-11-9-21(10-12-22)14-16-13-20(3)19-15(16)2/h5-8,13H,4,9-12,14H2,1-3H3. The summed E-state index contributed by atoms with van der Waals surface area (Å²) in [7, 11) is -1.54. The number of ether oxygens (including phenoxy) is 1. The summed E-state index contributed by atoms with van der Waals surface area (Å²) < 4.78 is 34.4. The van der Waals surface area contributed by atoms with Gasteiger partial charge in [-0.3, -0.25) is 9.58 Å². The first-order chi connectivity index (χ1) is 12.4. The number of benzene rings is 1. The molecule has 0 unspecified atom stereocenters. The average molecular weight is 378 g/mol. The van der Waals surface area contributed by atoms with Gasteiger partial charge in [0.05, 0.1) is 17.2 Å². The van der Waals surface area contributed by atoms with Crippen molar-refractivity contribution in [2.45, 2.75) is 25.3 Å². The van der Waals surface area contributed by atoms with Gasteiger partial charge in [0.15, 0.2) is 0 Å². The second-order valence-electron chi connectivity index (χ2n) is 6.50. The van der Waals surface area contributed by atoms with Gasteiger partial charge in [0, 0.05) is 51.5 Å². The molecule has 7 nitrogen and oxygen atoms in total. The first-order valence-corrected chi connectivity index (χ1v) is 10.3. The van der Waals surface area contributed by atoms with Crippen LogP contribution in [-0.4, -0.2) is 60.2 Å². The van der Waals surface area contributed by atoms with E-state index in [4.69, 9.17) is 4.74 Å². The molecule has 0 aliphatic carbocycles. The largest absolute Gasteiger partial charge is 0.494 e. The number of rotatable bonds is 6. The van der Waals surface area contributed by atoms with Gasteiger partial charge in [0.25, 0.3) is 0 Å². The molecule has 0 N–H and O–H groups in total. The van der Waals surface area contributed by atoms with Crippen molar-refractivity contribution in [1.82, 2.24) is 19.0 Å². The van der Waals surface area contributed by atoms with Crippen LogP contribution in [0.25, 0.3) is 0 Å². The molecule has 0 spiro atoms. The van der Waals surface area contributed by atoms with Crippen LogP contribution < -0.4 is 4.74 Å². The van der Waals surface area contributed by atoms with Crippen molar-refractivity contribution in [1.29, 1.82) is 0 Å². The molecule has 1 aliphatic rings. The molecule has 1 aromatic heterocycles. The number of sulfonamides is 1. The van der Waals surface area contributed by atoms with Crippen LogP contribution >= 0.6 is 0 Å². The molecule has 2 heterocycles. The van der Waals surface area contributed by atoms with Gasteiger partial charge < -0.3 is 4.74 Å². The molecule has 142 valence electrons. The van der Waals surface area contributed by atoms with Crippen LogP contribution in [0.3, 0.4) is 0 Å². The van der Waals surface area contributed by atoms with Crippen molar-refractivity contribution in [2.75, 3.05) is 32.8 Å². The van der Waals surface area contributed by atoms with E-state index in [0.29, 0.717) is 43.4 Å². The Hall–Kier alpha value is -1.90. The Morgan fingerprint density at radius 1 is 1.12 bits per heavy atom. The zero-order valence-electron chi connectivity index (χ0n) is 15.6. The van der Waals surface area contributed by atoms with Crippen molar-refractivity contribution in [3.8, 4) is 5.75 Å². The van der Waals surface area contributed by atoms with Gasteiger partial charge in [0.1, 0.15) is 5.75 Å². The monoisotopic (exact) mass is 378 g/mol. The molecule has 26 heavy (non-hydrogen) atoms. The molecule has 1 aromatic carbocycles. The van der Waals surface area contributed by atoms with Gasteiger partial charge in [-0.05, 0) is 38.1 Å². The number of aromatic nitrogens is 2. The van der Waals surface area contributed by atoms with E-state index < -0.39 is 10.0 Å². The summed E-state index contributed by atoms with van der Waals surface area (Å²) in [5.74, 6) is 0.683. The highest BCUT2D eigenvalue weighted by atomic mass is 32.2. The second kappa shape index (κ2) is 7.77. The van der Waals surface area contributed by atoms with E-state index in [-0.39, 0.29) is 0 Å². The Balaban J connectivity index is 1.62. The van der Waals surface area contributed by atoms with Crippen LogP contribution in [0.1, 0.15) is 18.2 Å². The highest BCUT2D eigenvalue weighted by molar-refractivity contribution is 7.89. The Kier molecular flexibility index (Phi) is 5.64. The quantitative estimate of drug-likeness (QED) is 0.764. The maximum atomic E-state index is 12.8. The van der Waals surface area contributed by atoms with E-state index in [2.05, 4.69) is 10.00 Å². The van der Waals surface area contributed by atoms with E-state index in [0.717, 1.165) is 12.2 Å². The molecule has 0 radical (unpaired) electrons. The second-order valence-corrected chi connectivity index (χ2v) is 8.44. The number of piperazine rings is 1. The summed E-state index contributed by atoms with van der Waals surface area (Å²) in [6.45, 7) is 7.68. The molecule has 1 fully saturated rings. The zero-order valence-corrected chi connectivity index (χ0v) is 16.4. The molecule has 2 aromatic rings. The molecule has 1 saturated heterocycles. The maximum Gasteiger partial charge on any atom is 0.243 e. The Labute approximate surface area is 155 Å². The summed E-state index contributed by atoms with van der Waals surface area (Å²) in [6, 6.07) is 6.65. The lowest BCUT2D eigenvalue weighted by Gasteiger charge is -2.33. The highest BCUT2D eigenvalue weighted by Gasteiger charge is 2.28. The smallest absolute Gasteiger partial charge is 0.243 e. The van der Waals surface area contributed by atoms with Crippen molar-refractivity contribution in [3.05, 3.63) is 41.7 Å². The summed E-state index contributed by atoms with van der Waals surface area (Å²) in [6.07, 6.45) is 2.03. The molecule has 0 bridgehead atoms. The summed E-state index contributed by atoms with van der Waals surface area (Å²) in [5.41, 5.74) is 2.22. The fraction of sp³-hybridized carbons (Fsp3) is 0.500. The predicted molar refractivity (Wildman–Crippen MR) is 99.6 cm³/mol. The third kappa shape index (κ3) is 4.08. The third-order valence-corrected chi connectivity index (χ3v) is 6.53. The van der Waals surface area contributed by atoms with Gasteiger partial charge in [-0.1, -0.05) is 0 Å². The summed E-state index contributed by atoms with van der Waals surface area (Å²) in [4.78, 5) is 2.59. The number of nitrogens with zero attached hydrogens (tertiary/aromatic N) is 4. The van der Waals surface area contributed by atoms with Crippen LogP contribution in [0.4, 0.5) is 0 Å². The maximum absolute atomic E-state index is 12.8. The summed E-state index contributed by atoms with van der Waals surface area (Å²) >= 11 is 0. The van der Waals surface area contributed by atoms with Crippen LogP contribution in [0.5, 0.6) is 5.75 Å². The fourth-order valence-corrected chi connectivity index (χ4v) is 4.62. The molecular weight excluding hydrogens is 352 g/mol. The highest BCUT2D eigenvalue weighted by Crippen LogP contribution is 2.21. The predicted octanol–water partition coefficient (Wildman–Crippen LogP) is 1.63. The van der Waals surface area contributed by atoms with Gasteiger partial charge in [-0.25, -0.2) is 8.42 Å². The van der Waals surface area contributed by atoms with Crippen LogP contribution in [0, 0.1) is 6.92 Å². The molecule has 0 saturated carbocycles. The number of aryl methyl sites for hydroxylation is 2. The number of hydrogen-bond acceptors (Lipinski definition) is 5. The lowest BCUT2D eigenvalue weighted by atomic mass is 10.2. The topological polar surface area (TPSA) is 67.7 Å². The van der Waals surface area contributed by atoms with Crippen molar-refractivity contribution < 1.29 is 13.2 Å². The Bertz CT molecular complexity index is 838. The average Bonchev–Trinajstić information content (AvgIpc) is 2.93. The minimum atomic E-state index is -3.46. The zero-order chi connectivity index (χ0) is 18.7. The van der Waals surface area contributed by atoms with E-state index in [1.807, 2.05) is 31.8 Å². The van der Waals surface area contributed by atoms with E-state index in [1.165, 1.54) is 5.56 Å². The molecule has 1 aliphatic heterocycles. The molecule has 8 heteroatoms. The molecule has 0 atom stereocenters. The SMILES string of the molecule is CCOc1ccc(S(=O)(=O)N2CCN(Cc3cn(C)nc3C)CC2)cc1. The van der Waals surface area contributed by atoms with Crippen LogP contribution in [0.2, 0.25) is 0 Å². The van der Waals surface area contributed by atoms with Crippen molar-refractivity contribution in [3.63, 3.8) is 0 Å². The minimum absolute atomic E-state index is 0.317. The Morgan fingerprint density at radius 2 is 1.77 bits per heavy atom. The first kappa shape index (κ1) is 18.9. The van der Waals surface area contributed by atoms with Crippen LogP contribution in [-0.2, 0) is 23.6 Å². The van der Waals surface area contributed by atoms with E-state index in [9.17, 15) is 8.42 Å². The molecule has 3 rings (SSSR count). The van der Waals surface area contributed by atoms with Gasteiger partial charge in [-0.2, -0.15) is 9.40 Å². The molecular formula is C18H26N4O3S. The first-order valence-electron chi connectivity index (χ1n) is 8.84. The van der Waals surface area contributed by atoms with E-state index in [1.54, 1.807) is 28.6 Å². The van der Waals surface area contributed by atoms with Crippen molar-refractivity contribution in [2.24, 2.45) is 7.05 Å². The van der Waals surface area contributed by atoms with Gasteiger partial charge in [-0.15, -0.1) is 0 Å². The number of hydrogen-bond donors (Lipinski definition) is 0. The van der Waals surface area contributed by atoms with E-state index >= 15 is 0 Å². The summed E-state index contributed by atoms with van der Waals surface area (Å²) in [5, 5.41) is 4.36. The minimum Gasteiger partial charge on any atom is -0.494 e. The lowest BCUT2D eigenvalue weighted by molar-refractivity contribution is 0.181. The van der Waals surface area contributed by atoms with Gasteiger partial charge >= 0.3 is 0 Å². The van der Waals surface area contributed by atoms with Gasteiger partial charge in [0.2, 0.25) is 10.0 Å². The molecule has 0 amide bonds. The third-order valence-electron chi connectivity index (χ3n) is 4.61. The fourth-order valence-electron chi connectivity index (χ4n) is 3.20. The van der Waals surface area contributed by atoms with Crippen LogP contribution in [0.15, 0.2) is 35.4 Å². The van der Waals surface area contributed by atoms with Crippen molar-refractivity contribution >= 4 is 10.0 Å². The normalized spacial score (nSPS) is 16.7. The Morgan fingerprint density at radius 3 is 2.31 bits per heavy atom. The lowest BCUT2D eigenvalue weighted by Crippen LogP contribution is -2.48.